The van der Waals surface area contributed by atoms with Crippen molar-refractivity contribution < 1.29 is 8.78 Å². The van der Waals surface area contributed by atoms with Crippen molar-refractivity contribution in [1.82, 2.24) is 9.97 Å². The molecule has 0 amide bonds. The quantitative estimate of drug-likeness (QED) is 0.630. The molecule has 0 aliphatic rings. The molecular weight excluding hydrogens is 348 g/mol. The van der Waals surface area contributed by atoms with Gasteiger partial charge in [0, 0.05) is 23.3 Å². The van der Waals surface area contributed by atoms with Gasteiger partial charge in [-0.2, -0.15) is 0 Å². The summed E-state index contributed by atoms with van der Waals surface area (Å²) >= 11 is 6.11. The molecule has 0 spiro atoms. The zero-order chi connectivity index (χ0) is 17.8. The number of nitrogens with two attached hydrogens (primary N) is 1. The fraction of sp³-hybridized carbons (Fsp3) is 0.0588. The van der Waals surface area contributed by atoms with Crippen molar-refractivity contribution in [2.24, 2.45) is 0 Å². The van der Waals surface area contributed by atoms with Crippen molar-refractivity contribution in [2.75, 3.05) is 16.4 Å². The molecule has 128 valence electrons. The maximum Gasteiger partial charge on any atom is 0.160 e. The number of anilines is 4. The average molecular weight is 362 g/mol. The molecule has 1 heterocycles. The van der Waals surface area contributed by atoms with Gasteiger partial charge in [0.15, 0.2) is 23.3 Å². The number of nitrogen functional groups attached to an aromatic ring is 1. The van der Waals surface area contributed by atoms with E-state index in [2.05, 4.69) is 20.6 Å². The van der Waals surface area contributed by atoms with Crippen molar-refractivity contribution in [3.63, 3.8) is 0 Å². The molecule has 0 atom stereocenters. The molecule has 1 aromatic heterocycles. The summed E-state index contributed by atoms with van der Waals surface area (Å²) in [5.41, 5.74) is 7.51. The molecule has 3 rings (SSSR count). The van der Waals surface area contributed by atoms with E-state index in [9.17, 15) is 8.78 Å². The molecule has 3 aromatic rings. The first kappa shape index (κ1) is 16.9. The minimum atomic E-state index is -0.963. The summed E-state index contributed by atoms with van der Waals surface area (Å²) in [6.07, 6.45) is 1.31. The van der Waals surface area contributed by atoms with E-state index >= 15 is 0 Å². The summed E-state index contributed by atoms with van der Waals surface area (Å²) in [6, 6.07) is 10.8. The van der Waals surface area contributed by atoms with Crippen LogP contribution in [0.25, 0.3) is 0 Å². The Morgan fingerprint density at radius 3 is 2.52 bits per heavy atom. The van der Waals surface area contributed by atoms with E-state index in [0.29, 0.717) is 23.1 Å². The molecular formula is C17H14ClF2N5. The molecule has 0 aliphatic carbocycles. The smallest absolute Gasteiger partial charge is 0.160 e. The maximum atomic E-state index is 13.3. The molecule has 5 nitrogen and oxygen atoms in total. The van der Waals surface area contributed by atoms with E-state index in [1.165, 1.54) is 12.4 Å². The standard InChI is InChI=1S/C17H14ClF2N5/c18-12-4-2-1-3-10(12)8-22-16-15(21)17(24-9-23-16)25-11-5-6-13(19)14(20)7-11/h1-7,9H,8,21H2,(H2,22,23,24,25). The van der Waals surface area contributed by atoms with E-state index < -0.39 is 11.6 Å². The van der Waals surface area contributed by atoms with Gasteiger partial charge in [0.1, 0.15) is 12.0 Å². The summed E-state index contributed by atoms with van der Waals surface area (Å²) in [5.74, 6) is -1.21. The van der Waals surface area contributed by atoms with E-state index in [4.69, 9.17) is 17.3 Å². The first-order valence-electron chi connectivity index (χ1n) is 7.34. The van der Waals surface area contributed by atoms with Gasteiger partial charge in [0.2, 0.25) is 0 Å². The number of nitrogens with one attached hydrogen (secondary N) is 2. The fourth-order valence-corrected chi connectivity index (χ4v) is 2.37. The number of nitrogens with zero attached hydrogens (tertiary/aromatic N) is 2. The Labute approximate surface area is 147 Å². The first-order valence-corrected chi connectivity index (χ1v) is 7.72. The normalized spacial score (nSPS) is 10.5. The molecule has 0 aliphatic heterocycles. The summed E-state index contributed by atoms with van der Waals surface area (Å²) in [6.45, 7) is 0.422. The highest BCUT2D eigenvalue weighted by atomic mass is 35.5. The number of halogens is 3. The van der Waals surface area contributed by atoms with Crippen LogP contribution in [0.5, 0.6) is 0 Å². The van der Waals surface area contributed by atoms with Gasteiger partial charge < -0.3 is 16.4 Å². The van der Waals surface area contributed by atoms with E-state index in [-0.39, 0.29) is 11.5 Å². The molecule has 8 heteroatoms. The molecule has 0 saturated carbocycles. The highest BCUT2D eigenvalue weighted by molar-refractivity contribution is 6.31. The largest absolute Gasteiger partial charge is 0.393 e. The number of rotatable bonds is 5. The third-order valence-corrected chi connectivity index (χ3v) is 3.84. The predicted molar refractivity (Wildman–Crippen MR) is 94.9 cm³/mol. The lowest BCUT2D eigenvalue weighted by Gasteiger charge is -2.13. The van der Waals surface area contributed by atoms with Gasteiger partial charge in [-0.05, 0) is 23.8 Å². The van der Waals surface area contributed by atoms with Crippen molar-refractivity contribution >= 4 is 34.6 Å². The van der Waals surface area contributed by atoms with E-state index in [0.717, 1.165) is 17.7 Å². The van der Waals surface area contributed by atoms with Gasteiger partial charge >= 0.3 is 0 Å². The second-order valence-corrected chi connectivity index (χ2v) is 5.59. The van der Waals surface area contributed by atoms with Crippen LogP contribution in [0.1, 0.15) is 5.56 Å². The predicted octanol–water partition coefficient (Wildman–Crippen LogP) is 4.35. The van der Waals surface area contributed by atoms with Crippen LogP contribution >= 0.6 is 11.6 Å². The van der Waals surface area contributed by atoms with Crippen LogP contribution < -0.4 is 16.4 Å². The molecule has 0 unspecified atom stereocenters. The van der Waals surface area contributed by atoms with Gasteiger partial charge in [0.25, 0.3) is 0 Å². The van der Waals surface area contributed by atoms with Crippen LogP contribution in [0.15, 0.2) is 48.8 Å². The van der Waals surface area contributed by atoms with Crippen molar-refractivity contribution in [1.29, 1.82) is 0 Å². The minimum Gasteiger partial charge on any atom is -0.393 e. The molecule has 0 bridgehead atoms. The Balaban J connectivity index is 1.77. The average Bonchev–Trinajstić information content (AvgIpc) is 2.60. The fourth-order valence-electron chi connectivity index (χ4n) is 2.17. The van der Waals surface area contributed by atoms with Crippen LogP contribution in [0.4, 0.5) is 31.8 Å². The van der Waals surface area contributed by atoms with Crippen molar-refractivity contribution in [2.45, 2.75) is 6.54 Å². The lowest BCUT2D eigenvalue weighted by atomic mass is 10.2. The third kappa shape index (κ3) is 3.95. The molecule has 4 N–H and O–H groups in total. The maximum absolute atomic E-state index is 13.3. The molecule has 2 aromatic carbocycles. The van der Waals surface area contributed by atoms with Gasteiger partial charge in [-0.15, -0.1) is 0 Å². The lowest BCUT2D eigenvalue weighted by molar-refractivity contribution is 0.509. The van der Waals surface area contributed by atoms with Gasteiger partial charge in [0.05, 0.1) is 0 Å². The van der Waals surface area contributed by atoms with Gasteiger partial charge in [-0.25, -0.2) is 18.7 Å². The minimum absolute atomic E-state index is 0.249. The Morgan fingerprint density at radius 2 is 1.76 bits per heavy atom. The van der Waals surface area contributed by atoms with Crippen LogP contribution in [0.3, 0.4) is 0 Å². The van der Waals surface area contributed by atoms with Crippen LogP contribution in [0, 0.1) is 11.6 Å². The third-order valence-electron chi connectivity index (χ3n) is 3.47. The summed E-state index contributed by atoms with van der Waals surface area (Å²) in [4.78, 5) is 8.12. The van der Waals surface area contributed by atoms with Gasteiger partial charge in [-0.3, -0.25) is 0 Å². The Hall–Kier alpha value is -2.93. The van der Waals surface area contributed by atoms with E-state index in [1.54, 1.807) is 6.07 Å². The zero-order valence-corrected chi connectivity index (χ0v) is 13.7. The van der Waals surface area contributed by atoms with E-state index in [1.807, 2.05) is 18.2 Å². The summed E-state index contributed by atoms with van der Waals surface area (Å²) in [5, 5.41) is 6.55. The van der Waals surface area contributed by atoms with Crippen LogP contribution in [-0.2, 0) is 6.54 Å². The molecule has 0 radical (unpaired) electrons. The summed E-state index contributed by atoms with van der Waals surface area (Å²) in [7, 11) is 0. The second-order valence-electron chi connectivity index (χ2n) is 5.18. The zero-order valence-electron chi connectivity index (χ0n) is 12.9. The Morgan fingerprint density at radius 1 is 1.00 bits per heavy atom. The summed E-state index contributed by atoms with van der Waals surface area (Å²) < 4.78 is 26.3. The van der Waals surface area contributed by atoms with Crippen molar-refractivity contribution in [3.8, 4) is 0 Å². The monoisotopic (exact) mass is 361 g/mol. The number of benzene rings is 2. The highest BCUT2D eigenvalue weighted by Crippen LogP contribution is 2.27. The SMILES string of the molecule is Nc1c(NCc2ccccc2Cl)ncnc1Nc1ccc(F)c(F)c1. The number of hydrogen-bond donors (Lipinski definition) is 3. The van der Waals surface area contributed by atoms with Crippen LogP contribution in [-0.4, -0.2) is 9.97 Å². The first-order chi connectivity index (χ1) is 12.0. The Bertz CT molecular complexity index is 904. The topological polar surface area (TPSA) is 75.9 Å². The number of aromatic nitrogens is 2. The molecule has 0 fully saturated rings. The lowest BCUT2D eigenvalue weighted by Crippen LogP contribution is -2.08. The Kier molecular flexibility index (Phi) is 4.95. The highest BCUT2D eigenvalue weighted by Gasteiger charge is 2.10. The molecule has 25 heavy (non-hydrogen) atoms. The molecule has 0 saturated heterocycles. The van der Waals surface area contributed by atoms with Gasteiger partial charge in [-0.1, -0.05) is 29.8 Å². The van der Waals surface area contributed by atoms with Crippen molar-refractivity contribution in [3.05, 3.63) is 71.0 Å². The second kappa shape index (κ2) is 7.31. The van der Waals surface area contributed by atoms with Crippen LogP contribution in [0.2, 0.25) is 5.02 Å². The number of hydrogen-bond acceptors (Lipinski definition) is 5.